The van der Waals surface area contributed by atoms with Crippen LogP contribution in [0.4, 0.5) is 0 Å². The highest BCUT2D eigenvalue weighted by Gasteiger charge is 2.19. The van der Waals surface area contributed by atoms with Gasteiger partial charge in [-0.25, -0.2) is 0 Å². The van der Waals surface area contributed by atoms with Crippen LogP contribution in [0.3, 0.4) is 0 Å². The molecule has 6 nitrogen and oxygen atoms in total. The number of para-hydroxylation sites is 1. The maximum atomic E-state index is 12.4. The number of fused-ring (bicyclic) bond motifs is 1. The van der Waals surface area contributed by atoms with Crippen LogP contribution >= 0.6 is 0 Å². The first-order valence-electron chi connectivity index (χ1n) is 9.74. The third kappa shape index (κ3) is 5.16. The highest BCUT2D eigenvalue weighted by molar-refractivity contribution is 5.90. The summed E-state index contributed by atoms with van der Waals surface area (Å²) >= 11 is 0. The van der Waals surface area contributed by atoms with Gasteiger partial charge in [0.15, 0.2) is 0 Å². The highest BCUT2D eigenvalue weighted by atomic mass is 16.5. The molecule has 0 spiro atoms. The Morgan fingerprint density at radius 3 is 2.62 bits per heavy atom. The minimum absolute atomic E-state index is 0.0861. The van der Waals surface area contributed by atoms with Gasteiger partial charge in [0.25, 0.3) is 0 Å². The van der Waals surface area contributed by atoms with Crippen LogP contribution in [0.5, 0.6) is 5.75 Å². The molecule has 1 amide bonds. The lowest BCUT2D eigenvalue weighted by atomic mass is 9.99. The molecule has 0 radical (unpaired) electrons. The maximum Gasteiger partial charge on any atom is 0.308 e. The fourth-order valence-electron chi connectivity index (χ4n) is 3.40. The number of H-pyrrole nitrogens is 1. The van der Waals surface area contributed by atoms with E-state index in [9.17, 15) is 14.7 Å². The molecule has 0 aliphatic rings. The van der Waals surface area contributed by atoms with Crippen molar-refractivity contribution in [3.63, 3.8) is 0 Å². The number of aryl methyl sites for hydroxylation is 1. The lowest BCUT2D eigenvalue weighted by molar-refractivity contribution is -0.141. The van der Waals surface area contributed by atoms with Crippen LogP contribution in [-0.2, 0) is 22.4 Å². The SMILES string of the molecule is CCOc1ccc(C[C@@H](CNC(=O)Cc2c[nH]c3c(C)cccc23)C(=O)O)cc1. The first-order chi connectivity index (χ1) is 14.0. The molecule has 3 N–H and O–H groups in total. The molecule has 0 fully saturated rings. The van der Waals surface area contributed by atoms with Gasteiger partial charge in [0.1, 0.15) is 5.75 Å². The predicted octanol–water partition coefficient (Wildman–Crippen LogP) is 3.48. The predicted molar refractivity (Wildman–Crippen MR) is 112 cm³/mol. The Balaban J connectivity index is 1.58. The molecule has 0 bridgehead atoms. The van der Waals surface area contributed by atoms with E-state index in [1.54, 1.807) is 0 Å². The van der Waals surface area contributed by atoms with E-state index in [1.807, 2.05) is 62.5 Å². The minimum Gasteiger partial charge on any atom is -0.494 e. The molecule has 0 unspecified atom stereocenters. The van der Waals surface area contributed by atoms with Crippen LogP contribution in [0.25, 0.3) is 10.9 Å². The third-order valence-corrected chi connectivity index (χ3v) is 4.97. The minimum atomic E-state index is -0.929. The molecule has 29 heavy (non-hydrogen) atoms. The summed E-state index contributed by atoms with van der Waals surface area (Å²) < 4.78 is 5.40. The Morgan fingerprint density at radius 1 is 1.17 bits per heavy atom. The van der Waals surface area contributed by atoms with Crippen LogP contribution < -0.4 is 10.1 Å². The Kier molecular flexibility index (Phi) is 6.54. The first kappa shape index (κ1) is 20.5. The smallest absolute Gasteiger partial charge is 0.308 e. The van der Waals surface area contributed by atoms with E-state index in [-0.39, 0.29) is 18.9 Å². The zero-order chi connectivity index (χ0) is 20.8. The van der Waals surface area contributed by atoms with E-state index < -0.39 is 11.9 Å². The molecular weight excluding hydrogens is 368 g/mol. The summed E-state index contributed by atoms with van der Waals surface area (Å²) in [5, 5.41) is 13.3. The number of hydrogen-bond acceptors (Lipinski definition) is 3. The van der Waals surface area contributed by atoms with E-state index >= 15 is 0 Å². The van der Waals surface area contributed by atoms with Gasteiger partial charge in [-0.2, -0.15) is 0 Å². The Hall–Kier alpha value is -3.28. The third-order valence-electron chi connectivity index (χ3n) is 4.97. The summed E-state index contributed by atoms with van der Waals surface area (Å²) in [4.78, 5) is 27.2. The van der Waals surface area contributed by atoms with Crippen molar-refractivity contribution in [3.05, 3.63) is 65.4 Å². The standard InChI is InChI=1S/C23H26N2O4/c1-3-29-19-9-7-16(8-10-19)11-18(23(27)28)14-24-21(26)12-17-13-25-22-15(2)5-4-6-20(17)22/h4-10,13,18,25H,3,11-12,14H2,1-2H3,(H,24,26)(H,27,28)/t18-/m0/s1. The number of hydrogen-bond donors (Lipinski definition) is 3. The number of carbonyl (C=O) groups excluding carboxylic acids is 1. The van der Waals surface area contributed by atoms with Crippen LogP contribution in [-0.4, -0.2) is 35.1 Å². The van der Waals surface area contributed by atoms with Crippen LogP contribution in [0, 0.1) is 12.8 Å². The average molecular weight is 394 g/mol. The second-order valence-corrected chi connectivity index (χ2v) is 7.11. The summed E-state index contributed by atoms with van der Waals surface area (Å²) in [5.74, 6) is -1.06. The Labute approximate surface area is 169 Å². The van der Waals surface area contributed by atoms with Crippen molar-refractivity contribution in [2.24, 2.45) is 5.92 Å². The van der Waals surface area contributed by atoms with Gasteiger partial charge in [-0.05, 0) is 49.1 Å². The van der Waals surface area contributed by atoms with Gasteiger partial charge in [-0.15, -0.1) is 0 Å². The van der Waals surface area contributed by atoms with Crippen molar-refractivity contribution < 1.29 is 19.4 Å². The van der Waals surface area contributed by atoms with Gasteiger partial charge in [0.2, 0.25) is 5.91 Å². The van der Waals surface area contributed by atoms with E-state index in [1.165, 1.54) is 0 Å². The first-order valence-corrected chi connectivity index (χ1v) is 9.74. The lowest BCUT2D eigenvalue weighted by Gasteiger charge is -2.14. The van der Waals surface area contributed by atoms with Gasteiger partial charge in [-0.1, -0.05) is 30.3 Å². The van der Waals surface area contributed by atoms with Crippen LogP contribution in [0.2, 0.25) is 0 Å². The largest absolute Gasteiger partial charge is 0.494 e. The molecule has 1 heterocycles. The summed E-state index contributed by atoms with van der Waals surface area (Å²) in [7, 11) is 0. The number of aromatic nitrogens is 1. The quantitative estimate of drug-likeness (QED) is 0.518. The number of carbonyl (C=O) groups is 2. The highest BCUT2D eigenvalue weighted by Crippen LogP contribution is 2.21. The number of aliphatic carboxylic acids is 1. The summed E-state index contributed by atoms with van der Waals surface area (Å²) in [6.45, 7) is 4.59. The van der Waals surface area contributed by atoms with E-state index in [4.69, 9.17) is 4.74 Å². The number of amides is 1. The van der Waals surface area contributed by atoms with Crippen molar-refractivity contribution in [2.75, 3.05) is 13.2 Å². The van der Waals surface area contributed by atoms with Crippen molar-refractivity contribution in [1.82, 2.24) is 10.3 Å². The summed E-state index contributed by atoms with van der Waals surface area (Å²) in [6.07, 6.45) is 2.39. The lowest BCUT2D eigenvalue weighted by Crippen LogP contribution is -2.34. The fraction of sp³-hybridized carbons (Fsp3) is 0.304. The molecule has 152 valence electrons. The summed E-state index contributed by atoms with van der Waals surface area (Å²) in [5.41, 5.74) is 3.94. The molecule has 3 rings (SSSR count). The van der Waals surface area contributed by atoms with E-state index in [0.29, 0.717) is 13.0 Å². The van der Waals surface area contributed by atoms with E-state index in [0.717, 1.165) is 33.3 Å². The molecule has 0 saturated carbocycles. The van der Waals surface area contributed by atoms with Crippen molar-refractivity contribution in [3.8, 4) is 5.75 Å². The molecular formula is C23H26N2O4. The molecule has 2 aromatic carbocycles. The second kappa shape index (κ2) is 9.28. The summed E-state index contributed by atoms with van der Waals surface area (Å²) in [6, 6.07) is 13.3. The molecule has 0 aliphatic heterocycles. The number of aromatic amines is 1. The molecule has 1 atom stereocenters. The number of carboxylic acid groups (broad SMARTS) is 1. The van der Waals surface area contributed by atoms with Gasteiger partial charge in [0, 0.05) is 23.6 Å². The topological polar surface area (TPSA) is 91.4 Å². The van der Waals surface area contributed by atoms with Crippen LogP contribution in [0.1, 0.15) is 23.6 Å². The molecule has 0 saturated heterocycles. The van der Waals surface area contributed by atoms with Gasteiger partial charge in [-0.3, -0.25) is 9.59 Å². The zero-order valence-electron chi connectivity index (χ0n) is 16.7. The van der Waals surface area contributed by atoms with Gasteiger partial charge >= 0.3 is 5.97 Å². The fourth-order valence-corrected chi connectivity index (χ4v) is 3.40. The normalized spacial score (nSPS) is 11.9. The Bertz CT molecular complexity index is 992. The molecule has 0 aliphatic carbocycles. The molecule has 1 aromatic heterocycles. The monoisotopic (exact) mass is 394 g/mol. The number of carboxylic acids is 1. The Morgan fingerprint density at radius 2 is 1.93 bits per heavy atom. The van der Waals surface area contributed by atoms with Crippen molar-refractivity contribution in [2.45, 2.75) is 26.7 Å². The second-order valence-electron chi connectivity index (χ2n) is 7.11. The number of benzene rings is 2. The molecule has 3 aromatic rings. The number of nitrogens with one attached hydrogen (secondary N) is 2. The molecule has 6 heteroatoms. The number of rotatable bonds is 9. The van der Waals surface area contributed by atoms with Gasteiger partial charge in [0.05, 0.1) is 18.9 Å². The van der Waals surface area contributed by atoms with Crippen molar-refractivity contribution in [1.29, 1.82) is 0 Å². The van der Waals surface area contributed by atoms with E-state index in [2.05, 4.69) is 10.3 Å². The zero-order valence-corrected chi connectivity index (χ0v) is 16.7. The average Bonchev–Trinajstić information content (AvgIpc) is 3.10. The van der Waals surface area contributed by atoms with Crippen molar-refractivity contribution >= 4 is 22.8 Å². The van der Waals surface area contributed by atoms with Gasteiger partial charge < -0.3 is 20.1 Å². The number of ether oxygens (including phenoxy) is 1. The maximum absolute atomic E-state index is 12.4. The van der Waals surface area contributed by atoms with Crippen LogP contribution in [0.15, 0.2) is 48.7 Å².